The number of hydrogen-bond donors (Lipinski definition) is 0. The van der Waals surface area contributed by atoms with Crippen LogP contribution in [0.25, 0.3) is 55.8 Å². The summed E-state index contributed by atoms with van der Waals surface area (Å²) >= 11 is 0. The van der Waals surface area contributed by atoms with E-state index in [4.69, 9.17) is 14.4 Å². The van der Waals surface area contributed by atoms with Crippen LogP contribution in [0.3, 0.4) is 0 Å². The van der Waals surface area contributed by atoms with Crippen LogP contribution in [0.1, 0.15) is 112 Å². The van der Waals surface area contributed by atoms with Gasteiger partial charge in [0.15, 0.2) is 0 Å². The maximum absolute atomic E-state index is 6.50. The zero-order valence-corrected chi connectivity index (χ0v) is 36.1. The van der Waals surface area contributed by atoms with E-state index in [2.05, 4.69) is 160 Å². The van der Waals surface area contributed by atoms with Crippen molar-refractivity contribution in [2.45, 2.75) is 106 Å². The first-order valence-electron chi connectivity index (χ1n) is 19.1. The van der Waals surface area contributed by atoms with Crippen molar-refractivity contribution in [3.63, 3.8) is 0 Å². The molecule has 0 saturated carbocycles. The number of pyridine rings is 3. The molecule has 3 aromatic carbocycles. The van der Waals surface area contributed by atoms with Crippen LogP contribution in [-0.2, 0) is 25.5 Å². The molecule has 0 spiro atoms. The number of aromatic nitrogens is 3. The van der Waals surface area contributed by atoms with E-state index >= 15 is 0 Å². The molecule has 0 aliphatic rings. The molecule has 1 radical (unpaired) electrons. The quantitative estimate of drug-likeness (QED) is 0.143. The Morgan fingerprint density at radius 3 is 1.96 bits per heavy atom. The molecule has 0 N–H and O–H groups in total. The minimum absolute atomic E-state index is 0. The van der Waals surface area contributed by atoms with Gasteiger partial charge in [-0.25, -0.2) is 4.98 Å². The number of benzene rings is 3. The number of aryl methyl sites for hydroxylation is 4. The summed E-state index contributed by atoms with van der Waals surface area (Å²) in [5.74, 6) is 0.801. The van der Waals surface area contributed by atoms with Crippen molar-refractivity contribution < 1.29 is 24.5 Å². The number of rotatable bonds is 8. The largest absolute Gasteiger partial charge is 0.486 e. The average Bonchev–Trinajstić information content (AvgIpc) is 3.54. The van der Waals surface area contributed by atoms with Crippen LogP contribution >= 0.6 is 0 Å². The molecule has 0 bridgehead atoms. The maximum Gasteiger partial charge on any atom is 0.216 e. The Kier molecular flexibility index (Phi) is 12.8. The van der Waals surface area contributed by atoms with E-state index in [1.807, 2.05) is 18.3 Å². The van der Waals surface area contributed by atoms with Gasteiger partial charge in [0.25, 0.3) is 0 Å². The van der Waals surface area contributed by atoms with Crippen molar-refractivity contribution in [1.82, 2.24) is 15.0 Å². The van der Waals surface area contributed by atoms with Gasteiger partial charge in [-0.15, -0.1) is 53.6 Å². The Labute approximate surface area is 336 Å². The van der Waals surface area contributed by atoms with Gasteiger partial charge in [0.05, 0.1) is 11.3 Å². The molecule has 0 aliphatic heterocycles. The molecule has 7 rings (SSSR count). The van der Waals surface area contributed by atoms with Gasteiger partial charge in [-0.3, -0.25) is 0 Å². The Morgan fingerprint density at radius 1 is 0.704 bits per heavy atom. The molecule has 4 aromatic heterocycles. The summed E-state index contributed by atoms with van der Waals surface area (Å²) in [6, 6.07) is 32.0. The van der Waals surface area contributed by atoms with Crippen molar-refractivity contribution in [2.24, 2.45) is 0 Å². The van der Waals surface area contributed by atoms with E-state index in [0.717, 1.165) is 57.4 Å². The molecule has 0 aliphatic carbocycles. The summed E-state index contributed by atoms with van der Waals surface area (Å²) in [4.78, 5) is 14.4. The molecule has 4 nitrogen and oxygen atoms in total. The topological polar surface area (TPSA) is 51.8 Å². The van der Waals surface area contributed by atoms with Gasteiger partial charge in [-0.2, -0.15) is 0 Å². The Hall–Kier alpha value is -4.44. The van der Waals surface area contributed by atoms with Gasteiger partial charge >= 0.3 is 0 Å². The first kappa shape index (κ1) is 40.7. The van der Waals surface area contributed by atoms with Crippen LogP contribution in [0.5, 0.6) is 0 Å². The fourth-order valence-corrected chi connectivity index (χ4v) is 7.19. The standard InChI is InChI=1S/C35H39N2O.C14H14N.Ir/c1-9-35(8,10-2)29-20-36-31(19-23(29)7)28-16-12-15-26-27-17-18-30(37-34(27)38-33(26)28)32-24(21(3)4)13-11-14-25(32)22(5)6;1-10-4-6-13(7-5-10)14-8-11(2)12(3)9-15-14;/h11-15,17-22H,9-10H2,1-8H3;4-6,8-9H,1-3H3;/q2*-1;. The van der Waals surface area contributed by atoms with E-state index in [0.29, 0.717) is 17.5 Å². The van der Waals surface area contributed by atoms with E-state index in [9.17, 15) is 0 Å². The third-order valence-electron chi connectivity index (χ3n) is 11.1. The van der Waals surface area contributed by atoms with Crippen LogP contribution in [0.15, 0.2) is 89.6 Å². The number of fused-ring (bicyclic) bond motifs is 3. The third-order valence-corrected chi connectivity index (χ3v) is 11.1. The Bertz CT molecular complexity index is 2360. The molecule has 0 amide bonds. The molecular formula is C49H53IrN3O-2. The van der Waals surface area contributed by atoms with Gasteiger partial charge < -0.3 is 14.4 Å². The Morgan fingerprint density at radius 2 is 1.37 bits per heavy atom. The summed E-state index contributed by atoms with van der Waals surface area (Å²) in [5.41, 5.74) is 16.5. The number of nitrogens with zero attached hydrogens (tertiary/aromatic N) is 3. The minimum Gasteiger partial charge on any atom is -0.486 e. The summed E-state index contributed by atoms with van der Waals surface area (Å²) in [7, 11) is 0. The van der Waals surface area contributed by atoms with Gasteiger partial charge in [0.2, 0.25) is 5.71 Å². The van der Waals surface area contributed by atoms with E-state index < -0.39 is 0 Å². The van der Waals surface area contributed by atoms with Crippen LogP contribution in [-0.4, -0.2) is 15.0 Å². The van der Waals surface area contributed by atoms with Crippen molar-refractivity contribution >= 4 is 22.1 Å². The zero-order chi connectivity index (χ0) is 38.0. The van der Waals surface area contributed by atoms with Crippen molar-refractivity contribution in [3.8, 4) is 33.8 Å². The third kappa shape index (κ3) is 8.14. The first-order chi connectivity index (χ1) is 25.3. The predicted molar refractivity (Wildman–Crippen MR) is 223 cm³/mol. The molecule has 0 saturated heterocycles. The van der Waals surface area contributed by atoms with Crippen molar-refractivity contribution in [2.75, 3.05) is 0 Å². The molecular weight excluding hydrogens is 839 g/mol. The second kappa shape index (κ2) is 16.9. The molecule has 0 atom stereocenters. The molecule has 0 fully saturated rings. The van der Waals surface area contributed by atoms with Crippen LogP contribution in [0.4, 0.5) is 0 Å². The zero-order valence-electron chi connectivity index (χ0n) is 33.7. The fourth-order valence-electron chi connectivity index (χ4n) is 7.19. The van der Waals surface area contributed by atoms with E-state index in [1.165, 1.54) is 44.5 Å². The molecule has 7 aromatic rings. The molecule has 0 unspecified atom stereocenters. The smallest absolute Gasteiger partial charge is 0.216 e. The maximum atomic E-state index is 6.50. The summed E-state index contributed by atoms with van der Waals surface area (Å²) in [5, 5.41) is 2.06. The van der Waals surface area contributed by atoms with Crippen LogP contribution in [0, 0.1) is 39.8 Å². The molecule has 54 heavy (non-hydrogen) atoms. The molecule has 4 heterocycles. The molecule has 281 valence electrons. The van der Waals surface area contributed by atoms with Gasteiger partial charge in [-0.05, 0) is 96.6 Å². The van der Waals surface area contributed by atoms with Gasteiger partial charge in [0, 0.05) is 43.4 Å². The van der Waals surface area contributed by atoms with Crippen molar-refractivity contribution in [3.05, 3.63) is 136 Å². The van der Waals surface area contributed by atoms with Crippen LogP contribution < -0.4 is 0 Å². The predicted octanol–water partition coefficient (Wildman–Crippen LogP) is 13.6. The summed E-state index contributed by atoms with van der Waals surface area (Å²) in [6.45, 7) is 24.2. The number of hydrogen-bond acceptors (Lipinski definition) is 4. The first-order valence-corrected chi connectivity index (χ1v) is 19.1. The minimum atomic E-state index is 0. The van der Waals surface area contributed by atoms with Gasteiger partial charge in [-0.1, -0.05) is 108 Å². The SMILES string of the molecule is CCC(C)(CC)c1cnc(-c2[c-]ccc3c2oc2nc(-c4c(C(C)C)cccc4C(C)C)ccc23)cc1C.Cc1c[c-]c(-c2cc(C)c(C)cn2)cc1.[Ir]. The van der Waals surface area contributed by atoms with Crippen molar-refractivity contribution in [1.29, 1.82) is 0 Å². The van der Waals surface area contributed by atoms with E-state index in [1.54, 1.807) is 0 Å². The second-order valence-electron chi connectivity index (χ2n) is 15.5. The normalized spacial score (nSPS) is 11.6. The number of furan rings is 1. The summed E-state index contributed by atoms with van der Waals surface area (Å²) in [6.07, 6.45) is 6.14. The second-order valence-corrected chi connectivity index (χ2v) is 15.5. The summed E-state index contributed by atoms with van der Waals surface area (Å²) < 4.78 is 6.50. The Balaban J connectivity index is 0.000000293. The monoisotopic (exact) mass is 892 g/mol. The van der Waals surface area contributed by atoms with Gasteiger partial charge in [0.1, 0.15) is 0 Å². The van der Waals surface area contributed by atoms with E-state index in [-0.39, 0.29) is 25.5 Å². The van der Waals surface area contributed by atoms with Crippen LogP contribution in [0.2, 0.25) is 0 Å². The average molecular weight is 892 g/mol. The fraction of sp³-hybridized carbons (Fsp3) is 0.327. The molecule has 5 heteroatoms.